The minimum absolute atomic E-state index is 0.0911. The molecule has 1 amide bonds. The van der Waals surface area contributed by atoms with Gasteiger partial charge in [-0.05, 0) is 31.5 Å². The maximum Gasteiger partial charge on any atom is 0.224 e. The third-order valence-corrected chi connectivity index (χ3v) is 4.86. The molecule has 2 aromatic rings. The molecule has 0 aliphatic carbocycles. The van der Waals surface area contributed by atoms with Gasteiger partial charge in [0.15, 0.2) is 9.84 Å². The van der Waals surface area contributed by atoms with Crippen molar-refractivity contribution in [3.63, 3.8) is 0 Å². The summed E-state index contributed by atoms with van der Waals surface area (Å²) in [4.78, 5) is 16.4. The molecule has 2 rings (SSSR count). The maximum atomic E-state index is 11.9. The summed E-state index contributed by atoms with van der Waals surface area (Å²) in [7, 11) is -3.20. The summed E-state index contributed by atoms with van der Waals surface area (Å²) in [5.74, 6) is -0.0911. The topological polar surface area (TPSA) is 81.1 Å². The molecular formula is C16H21N3O3S. The zero-order valence-corrected chi connectivity index (χ0v) is 14.4. The average Bonchev–Trinajstić information content (AvgIpc) is 2.79. The van der Waals surface area contributed by atoms with Gasteiger partial charge in [-0.15, -0.1) is 0 Å². The van der Waals surface area contributed by atoms with Crippen molar-refractivity contribution in [1.29, 1.82) is 0 Å². The van der Waals surface area contributed by atoms with Crippen molar-refractivity contribution in [2.75, 3.05) is 12.8 Å². The summed E-state index contributed by atoms with van der Waals surface area (Å²) in [6.45, 7) is 5.14. The van der Waals surface area contributed by atoms with Gasteiger partial charge in [-0.1, -0.05) is 12.1 Å². The number of benzene rings is 1. The third-order valence-electron chi connectivity index (χ3n) is 3.74. The summed E-state index contributed by atoms with van der Waals surface area (Å²) in [5.41, 5.74) is 2.86. The molecule has 0 unspecified atom stereocenters. The molecule has 1 aromatic heterocycles. The van der Waals surface area contributed by atoms with E-state index in [9.17, 15) is 13.2 Å². The van der Waals surface area contributed by atoms with E-state index in [0.717, 1.165) is 23.2 Å². The first-order valence-electron chi connectivity index (χ1n) is 7.31. The zero-order valence-electron chi connectivity index (χ0n) is 13.5. The fraction of sp³-hybridized carbons (Fsp3) is 0.375. The van der Waals surface area contributed by atoms with Gasteiger partial charge in [0.25, 0.3) is 0 Å². The first kappa shape index (κ1) is 17.2. The summed E-state index contributed by atoms with van der Waals surface area (Å²) in [5, 5.41) is 2.86. The predicted octanol–water partition coefficient (Wildman–Crippen LogP) is 1.26. The van der Waals surface area contributed by atoms with Gasteiger partial charge in [0.05, 0.1) is 23.3 Å². The molecule has 1 N–H and O–H groups in total. The minimum atomic E-state index is -3.20. The second-order valence-electron chi connectivity index (χ2n) is 5.55. The van der Waals surface area contributed by atoms with Gasteiger partial charge in [0.1, 0.15) is 0 Å². The normalized spacial score (nSPS) is 11.4. The molecule has 0 saturated carbocycles. The fourth-order valence-electron chi connectivity index (χ4n) is 2.19. The number of imidazole rings is 1. The van der Waals surface area contributed by atoms with Crippen molar-refractivity contribution in [1.82, 2.24) is 14.9 Å². The minimum Gasteiger partial charge on any atom is -0.354 e. The van der Waals surface area contributed by atoms with E-state index in [0.29, 0.717) is 13.1 Å². The largest absolute Gasteiger partial charge is 0.354 e. The Balaban J connectivity index is 1.84. The molecule has 23 heavy (non-hydrogen) atoms. The number of nitrogens with zero attached hydrogens (tertiary/aromatic N) is 2. The van der Waals surface area contributed by atoms with E-state index >= 15 is 0 Å². The standard InChI is InChI=1S/C16H21N3O3S/c1-12-13(2)19(11-18-12)9-8-17-16(20)10-14-4-6-15(7-5-14)23(3,21)22/h4-7,11H,8-10H2,1-3H3,(H,17,20). The van der Waals surface area contributed by atoms with Crippen molar-refractivity contribution in [3.05, 3.63) is 47.5 Å². The number of nitrogens with one attached hydrogen (secondary N) is 1. The second-order valence-corrected chi connectivity index (χ2v) is 7.57. The Morgan fingerprint density at radius 1 is 1.22 bits per heavy atom. The highest BCUT2D eigenvalue weighted by Gasteiger charge is 2.08. The first-order chi connectivity index (χ1) is 10.8. The van der Waals surface area contributed by atoms with Crippen LogP contribution in [-0.2, 0) is 27.6 Å². The number of aryl methyl sites for hydroxylation is 1. The highest BCUT2D eigenvalue weighted by atomic mass is 32.2. The number of sulfone groups is 1. The summed E-state index contributed by atoms with van der Waals surface area (Å²) in [6, 6.07) is 6.38. The molecule has 0 aliphatic rings. The van der Waals surface area contributed by atoms with Gasteiger partial charge in [-0.2, -0.15) is 0 Å². The van der Waals surface area contributed by atoms with E-state index in [4.69, 9.17) is 0 Å². The van der Waals surface area contributed by atoms with Crippen LogP contribution in [0.1, 0.15) is 17.0 Å². The summed E-state index contributed by atoms with van der Waals surface area (Å²) >= 11 is 0. The van der Waals surface area contributed by atoms with E-state index in [-0.39, 0.29) is 17.2 Å². The van der Waals surface area contributed by atoms with Crippen molar-refractivity contribution in [2.24, 2.45) is 0 Å². The molecule has 7 heteroatoms. The molecule has 0 aliphatic heterocycles. The lowest BCUT2D eigenvalue weighted by molar-refractivity contribution is -0.120. The van der Waals surface area contributed by atoms with E-state index in [1.54, 1.807) is 18.5 Å². The van der Waals surface area contributed by atoms with Crippen molar-refractivity contribution < 1.29 is 13.2 Å². The third kappa shape index (κ3) is 4.66. The lowest BCUT2D eigenvalue weighted by Gasteiger charge is -2.08. The quantitative estimate of drug-likeness (QED) is 0.862. The van der Waals surface area contributed by atoms with Crippen molar-refractivity contribution >= 4 is 15.7 Å². The Bertz CT molecular complexity index is 792. The van der Waals surface area contributed by atoms with Gasteiger partial charge in [0.2, 0.25) is 5.91 Å². The molecule has 0 radical (unpaired) electrons. The maximum absolute atomic E-state index is 11.9. The van der Waals surface area contributed by atoms with Crippen LogP contribution in [0.5, 0.6) is 0 Å². The Morgan fingerprint density at radius 2 is 1.87 bits per heavy atom. The van der Waals surface area contributed by atoms with E-state index in [2.05, 4.69) is 10.3 Å². The highest BCUT2D eigenvalue weighted by Crippen LogP contribution is 2.10. The van der Waals surface area contributed by atoms with Gasteiger partial charge < -0.3 is 9.88 Å². The van der Waals surface area contributed by atoms with Gasteiger partial charge in [-0.3, -0.25) is 4.79 Å². The number of carbonyl (C=O) groups is 1. The SMILES string of the molecule is Cc1ncn(CCNC(=O)Cc2ccc(S(C)(=O)=O)cc2)c1C. The van der Waals surface area contributed by atoms with Gasteiger partial charge >= 0.3 is 0 Å². The molecule has 124 valence electrons. The first-order valence-corrected chi connectivity index (χ1v) is 9.20. The zero-order chi connectivity index (χ0) is 17.0. The molecule has 1 aromatic carbocycles. The van der Waals surface area contributed by atoms with Crippen LogP contribution in [0.4, 0.5) is 0 Å². The lowest BCUT2D eigenvalue weighted by Crippen LogP contribution is -2.28. The van der Waals surface area contributed by atoms with E-state index in [1.807, 2.05) is 18.4 Å². The average molecular weight is 335 g/mol. The Morgan fingerprint density at radius 3 is 2.39 bits per heavy atom. The van der Waals surface area contributed by atoms with Crippen LogP contribution < -0.4 is 5.32 Å². The van der Waals surface area contributed by atoms with Crippen LogP contribution in [0.2, 0.25) is 0 Å². The Labute approximate surface area is 136 Å². The number of aromatic nitrogens is 2. The summed E-state index contributed by atoms with van der Waals surface area (Å²) < 4.78 is 24.8. The second kappa shape index (κ2) is 6.95. The molecule has 0 fully saturated rings. The molecule has 0 atom stereocenters. The molecule has 0 spiro atoms. The van der Waals surface area contributed by atoms with Crippen LogP contribution in [0, 0.1) is 13.8 Å². The molecular weight excluding hydrogens is 314 g/mol. The van der Waals surface area contributed by atoms with Crippen LogP contribution in [-0.4, -0.2) is 36.7 Å². The van der Waals surface area contributed by atoms with Gasteiger partial charge in [-0.25, -0.2) is 13.4 Å². The number of amides is 1. The van der Waals surface area contributed by atoms with E-state index < -0.39 is 9.84 Å². The number of rotatable bonds is 6. The molecule has 6 nitrogen and oxygen atoms in total. The summed E-state index contributed by atoms with van der Waals surface area (Å²) in [6.07, 6.45) is 3.15. The predicted molar refractivity (Wildman–Crippen MR) is 88.0 cm³/mol. The number of carbonyl (C=O) groups excluding carboxylic acids is 1. The van der Waals surface area contributed by atoms with Crippen LogP contribution in [0.3, 0.4) is 0 Å². The Hall–Kier alpha value is -2.15. The van der Waals surface area contributed by atoms with Gasteiger partial charge in [0, 0.05) is 25.0 Å². The monoisotopic (exact) mass is 335 g/mol. The van der Waals surface area contributed by atoms with Crippen LogP contribution in [0.25, 0.3) is 0 Å². The fourth-order valence-corrected chi connectivity index (χ4v) is 2.82. The number of hydrogen-bond acceptors (Lipinski definition) is 4. The highest BCUT2D eigenvalue weighted by molar-refractivity contribution is 7.90. The Kier molecular flexibility index (Phi) is 5.20. The smallest absolute Gasteiger partial charge is 0.224 e. The molecule has 0 bridgehead atoms. The van der Waals surface area contributed by atoms with E-state index in [1.165, 1.54) is 12.1 Å². The van der Waals surface area contributed by atoms with Crippen molar-refractivity contribution in [2.45, 2.75) is 31.7 Å². The number of hydrogen-bond donors (Lipinski definition) is 1. The lowest BCUT2D eigenvalue weighted by atomic mass is 10.1. The molecule has 1 heterocycles. The van der Waals surface area contributed by atoms with Crippen molar-refractivity contribution in [3.8, 4) is 0 Å². The van der Waals surface area contributed by atoms with Crippen LogP contribution >= 0.6 is 0 Å². The van der Waals surface area contributed by atoms with Crippen LogP contribution in [0.15, 0.2) is 35.5 Å². The molecule has 0 saturated heterocycles.